The van der Waals surface area contributed by atoms with Gasteiger partial charge in [0.25, 0.3) is 0 Å². The average molecular weight is 543 g/mol. The normalized spacial score (nSPS) is 18.3. The summed E-state index contributed by atoms with van der Waals surface area (Å²) in [6.45, 7) is 7.83. The van der Waals surface area contributed by atoms with E-state index in [1.807, 2.05) is 11.0 Å². The first-order chi connectivity index (χ1) is 21.0. The van der Waals surface area contributed by atoms with E-state index in [1.54, 1.807) is 24.4 Å². The third kappa shape index (κ3) is 5.25. The molecule has 1 aliphatic rings. The fraction of sp³-hybridized carbons (Fsp3) is 0.233. The van der Waals surface area contributed by atoms with Crippen molar-refractivity contribution in [3.8, 4) is 28.3 Å². The van der Waals surface area contributed by atoms with Gasteiger partial charge in [-0.25, -0.2) is 19.2 Å². The molecule has 4 aromatic rings. The van der Waals surface area contributed by atoms with Crippen molar-refractivity contribution < 1.29 is 24.5 Å². The van der Waals surface area contributed by atoms with E-state index in [0.717, 1.165) is 12.1 Å². The summed E-state index contributed by atoms with van der Waals surface area (Å²) in [6.07, 6.45) is 4.77. The largest absolute Gasteiger partial charge is 0.496 e. The molecule has 0 saturated carbocycles. The van der Waals surface area contributed by atoms with E-state index in [0.29, 0.717) is 41.0 Å². The molecule has 3 heterocycles. The molecule has 40 heavy (non-hydrogen) atoms. The molecule has 2 atom stereocenters. The highest BCUT2D eigenvalue weighted by atomic mass is 19.1. The minimum Gasteiger partial charge on any atom is -0.496 e. The molecule has 1 saturated heterocycles. The number of aliphatic hydroxyl groups is 1. The topological polar surface area (TPSA) is 119 Å². The van der Waals surface area contributed by atoms with E-state index >= 15 is 0 Å². The summed E-state index contributed by atoms with van der Waals surface area (Å²) in [5.74, 6) is -2.25. The average Bonchev–Trinajstić information content (AvgIpc) is 3.39. The Morgan fingerprint density at radius 2 is 2.23 bits per heavy atom. The number of aliphatic hydroxyl groups excluding tert-OH is 1. The summed E-state index contributed by atoms with van der Waals surface area (Å²) in [6, 6.07) is 9.49. The van der Waals surface area contributed by atoms with Crippen LogP contribution in [0.4, 0.5) is 15.8 Å². The summed E-state index contributed by atoms with van der Waals surface area (Å²) >= 11 is 0. The smallest absolute Gasteiger partial charge is 0.197 e. The summed E-state index contributed by atoms with van der Waals surface area (Å²) in [5.41, 5.74) is 8.69. The SMILES string of the molecule is [2H]c1ccc(F)c(-c2nccc(C(=O)Cc3ccc(-c4cnccc4[N+]#[C-])cc3N3C[C@@H](N)C[C@H]3CO)n2)c1OC([2H])([2H])[2H]. The second-order valence-corrected chi connectivity index (χ2v) is 9.33. The number of halogens is 1. The number of Topliss-reactive ketones (excluding diaryl/α,β-unsaturated/α-hetero) is 1. The number of benzene rings is 2. The highest BCUT2D eigenvalue weighted by Crippen LogP contribution is 2.36. The number of methoxy groups -OCH3 is 1. The van der Waals surface area contributed by atoms with E-state index in [4.69, 9.17) is 22.5 Å². The molecule has 202 valence electrons. The summed E-state index contributed by atoms with van der Waals surface area (Å²) in [5, 5.41) is 10.1. The monoisotopic (exact) mass is 542 g/mol. The minimum absolute atomic E-state index is 0.0703. The first-order valence-electron chi connectivity index (χ1n) is 14.4. The Hall–Kier alpha value is -4.72. The van der Waals surface area contributed by atoms with E-state index in [9.17, 15) is 14.3 Å². The van der Waals surface area contributed by atoms with Crippen molar-refractivity contribution in [2.45, 2.75) is 24.9 Å². The zero-order valence-electron chi connectivity index (χ0n) is 25.2. The number of rotatable bonds is 8. The van der Waals surface area contributed by atoms with E-state index in [2.05, 4.69) is 19.8 Å². The molecule has 10 heteroatoms. The number of aromatic nitrogens is 3. The van der Waals surface area contributed by atoms with Crippen molar-refractivity contribution in [3.63, 3.8) is 0 Å². The molecule has 0 unspecified atom stereocenters. The van der Waals surface area contributed by atoms with Gasteiger partial charge in [-0.15, -0.1) is 0 Å². The molecule has 0 amide bonds. The van der Waals surface area contributed by atoms with E-state index in [1.165, 1.54) is 18.5 Å². The molecule has 2 aromatic carbocycles. The van der Waals surface area contributed by atoms with Gasteiger partial charge in [0.15, 0.2) is 17.3 Å². The Morgan fingerprint density at radius 3 is 3.02 bits per heavy atom. The van der Waals surface area contributed by atoms with Gasteiger partial charge in [0.2, 0.25) is 0 Å². The van der Waals surface area contributed by atoms with Crippen LogP contribution < -0.4 is 15.4 Å². The van der Waals surface area contributed by atoms with Crippen LogP contribution in [0.15, 0.2) is 67.1 Å². The lowest BCUT2D eigenvalue weighted by atomic mass is 9.98. The lowest BCUT2D eigenvalue weighted by Crippen LogP contribution is -2.33. The second kappa shape index (κ2) is 11.6. The summed E-state index contributed by atoms with van der Waals surface area (Å²) in [7, 11) is -2.97. The number of anilines is 1. The number of hydrogen-bond acceptors (Lipinski definition) is 8. The highest BCUT2D eigenvalue weighted by molar-refractivity contribution is 5.97. The summed E-state index contributed by atoms with van der Waals surface area (Å²) in [4.78, 5) is 31.6. The molecule has 0 aliphatic carbocycles. The lowest BCUT2D eigenvalue weighted by molar-refractivity contribution is 0.0988. The predicted octanol–water partition coefficient (Wildman–Crippen LogP) is 4.23. The van der Waals surface area contributed by atoms with Gasteiger partial charge < -0.3 is 20.5 Å². The maximum atomic E-state index is 15.0. The molecule has 1 fully saturated rings. The second-order valence-electron chi connectivity index (χ2n) is 9.33. The third-order valence-electron chi connectivity index (χ3n) is 6.81. The van der Waals surface area contributed by atoms with Crippen molar-refractivity contribution in [3.05, 3.63) is 95.6 Å². The van der Waals surface area contributed by atoms with Gasteiger partial charge in [-0.2, -0.15) is 0 Å². The third-order valence-corrected chi connectivity index (χ3v) is 6.81. The van der Waals surface area contributed by atoms with Crippen LogP contribution in [0, 0.1) is 12.4 Å². The van der Waals surface area contributed by atoms with Crippen LogP contribution >= 0.6 is 0 Å². The number of ether oxygens (including phenoxy) is 1. The Bertz CT molecular complexity index is 1760. The Balaban J connectivity index is 1.54. The molecular formula is C30H27FN6O3. The van der Waals surface area contributed by atoms with Crippen molar-refractivity contribution in [1.29, 1.82) is 0 Å². The Morgan fingerprint density at radius 1 is 1.35 bits per heavy atom. The van der Waals surface area contributed by atoms with Crippen molar-refractivity contribution in [1.82, 2.24) is 15.0 Å². The van der Waals surface area contributed by atoms with Crippen molar-refractivity contribution in [2.75, 3.05) is 25.1 Å². The predicted molar refractivity (Wildman–Crippen MR) is 149 cm³/mol. The van der Waals surface area contributed by atoms with Crippen LogP contribution in [-0.4, -0.2) is 58.1 Å². The molecule has 0 bridgehead atoms. The first kappa shape index (κ1) is 22.1. The number of ketones is 1. The fourth-order valence-corrected chi connectivity index (χ4v) is 4.92. The van der Waals surface area contributed by atoms with Gasteiger partial charge in [0.05, 0.1) is 37.3 Å². The van der Waals surface area contributed by atoms with Crippen molar-refractivity contribution in [2.24, 2.45) is 5.73 Å². The summed E-state index contributed by atoms with van der Waals surface area (Å²) < 4.78 is 50.2. The molecule has 5 rings (SSSR count). The quantitative estimate of drug-likeness (QED) is 0.251. The molecule has 0 radical (unpaired) electrons. The van der Waals surface area contributed by atoms with Crippen molar-refractivity contribution >= 4 is 17.2 Å². The zero-order chi connectivity index (χ0) is 31.6. The van der Waals surface area contributed by atoms with Gasteiger partial charge in [-0.3, -0.25) is 9.78 Å². The van der Waals surface area contributed by atoms with Crippen LogP contribution in [-0.2, 0) is 6.42 Å². The zero-order valence-corrected chi connectivity index (χ0v) is 21.2. The molecule has 2 aromatic heterocycles. The number of nitrogens with two attached hydrogens (primary N) is 1. The van der Waals surface area contributed by atoms with Gasteiger partial charge >= 0.3 is 0 Å². The van der Waals surface area contributed by atoms with Gasteiger partial charge in [-0.1, -0.05) is 18.2 Å². The van der Waals surface area contributed by atoms with Gasteiger partial charge in [0.1, 0.15) is 17.3 Å². The highest BCUT2D eigenvalue weighted by Gasteiger charge is 2.31. The number of nitrogens with zero attached hydrogens (tertiary/aromatic N) is 5. The van der Waals surface area contributed by atoms with E-state index in [-0.39, 0.29) is 42.7 Å². The maximum Gasteiger partial charge on any atom is 0.197 e. The number of hydrogen-bond donors (Lipinski definition) is 2. The number of carbonyl (C=O) groups is 1. The molecule has 1 aliphatic heterocycles. The molecule has 9 nitrogen and oxygen atoms in total. The molecular weight excluding hydrogens is 511 g/mol. The van der Waals surface area contributed by atoms with Crippen LogP contribution in [0.5, 0.6) is 5.75 Å². The van der Waals surface area contributed by atoms with Gasteiger partial charge in [0, 0.05) is 48.8 Å². The van der Waals surface area contributed by atoms with E-state index < -0.39 is 30.0 Å². The number of carbonyl (C=O) groups excluding carboxylic acids is 1. The first-order valence-corrected chi connectivity index (χ1v) is 12.4. The van der Waals surface area contributed by atoms with Gasteiger partial charge in [-0.05, 0) is 47.9 Å². The Kier molecular flexibility index (Phi) is 6.40. The molecule has 3 N–H and O–H groups in total. The van der Waals surface area contributed by atoms with Crippen LogP contribution in [0.2, 0.25) is 0 Å². The van der Waals surface area contributed by atoms with Crippen LogP contribution in [0.1, 0.15) is 28.0 Å². The maximum absolute atomic E-state index is 15.0. The van der Waals surface area contributed by atoms with Crippen LogP contribution in [0.3, 0.4) is 0 Å². The standard InChI is InChI=1S/C30H27FN6O3/c1-33-24-8-10-34-15-22(24)18-6-7-19(26(12-18)37-16-20(32)14-21(37)17-38)13-27(39)25-9-11-35-30(36-25)29-23(31)4-3-5-28(29)40-2/h3-12,15,20-21,38H,13-14,16-17,32H2,2H3/t20-,21-/m0/s1/i2D3,5D. The van der Waals surface area contributed by atoms with Crippen LogP contribution in [0.25, 0.3) is 27.4 Å². The minimum atomic E-state index is -2.97. The lowest BCUT2D eigenvalue weighted by Gasteiger charge is -2.28. The fourth-order valence-electron chi connectivity index (χ4n) is 4.92. The number of pyridine rings is 1. The molecule has 0 spiro atoms. The Labute approximate surface area is 236 Å².